The lowest BCUT2D eigenvalue weighted by Gasteiger charge is -2.01. The largest absolute Gasteiger partial charge is 0.338 e. The fourth-order valence-corrected chi connectivity index (χ4v) is 0.417. The Bertz CT molecular complexity index is 114. The minimum Gasteiger partial charge on any atom is -0.338 e. The van der Waals surface area contributed by atoms with Crippen LogP contribution in [0, 0.1) is 0 Å². The van der Waals surface area contributed by atoms with Crippen LogP contribution in [-0.2, 0) is 4.79 Å². The molecule has 0 aliphatic heterocycles. The molecular formula is C6H11N2O2. The quantitative estimate of drug-likeness (QED) is 0.572. The molecule has 0 rings (SSSR count). The van der Waals surface area contributed by atoms with Gasteiger partial charge < -0.3 is 10.6 Å². The highest BCUT2D eigenvalue weighted by Gasteiger charge is 1.94. The van der Waals surface area contributed by atoms with Crippen molar-refractivity contribution in [3.05, 3.63) is 0 Å². The Morgan fingerprint density at radius 2 is 2.20 bits per heavy atom. The van der Waals surface area contributed by atoms with Crippen LogP contribution in [0.2, 0.25) is 0 Å². The normalized spacial score (nSPS) is 8.50. The second kappa shape index (κ2) is 6.07. The second-order valence-corrected chi connectivity index (χ2v) is 1.75. The van der Waals surface area contributed by atoms with Crippen molar-refractivity contribution in [1.82, 2.24) is 10.6 Å². The van der Waals surface area contributed by atoms with Gasteiger partial charge in [-0.25, -0.2) is 4.79 Å². The van der Waals surface area contributed by atoms with Gasteiger partial charge >= 0.3 is 6.03 Å². The molecule has 10 heavy (non-hydrogen) atoms. The summed E-state index contributed by atoms with van der Waals surface area (Å²) in [6, 6.07) is -0.315. The maximum absolute atomic E-state index is 10.6. The molecule has 0 aliphatic carbocycles. The SMILES string of the molecule is CCCNC(=O)NC[C]=O. The summed E-state index contributed by atoms with van der Waals surface area (Å²) in [4.78, 5) is 20.2. The first kappa shape index (κ1) is 8.94. The van der Waals surface area contributed by atoms with Crippen molar-refractivity contribution in [1.29, 1.82) is 0 Å². The smallest absolute Gasteiger partial charge is 0.315 e. The van der Waals surface area contributed by atoms with E-state index >= 15 is 0 Å². The molecule has 4 heteroatoms. The van der Waals surface area contributed by atoms with Crippen molar-refractivity contribution in [2.24, 2.45) is 0 Å². The maximum atomic E-state index is 10.6. The Morgan fingerprint density at radius 3 is 2.70 bits per heavy atom. The van der Waals surface area contributed by atoms with E-state index in [4.69, 9.17) is 0 Å². The van der Waals surface area contributed by atoms with Crippen LogP contribution >= 0.6 is 0 Å². The molecule has 57 valence electrons. The fourth-order valence-electron chi connectivity index (χ4n) is 0.417. The summed E-state index contributed by atoms with van der Waals surface area (Å²) < 4.78 is 0. The highest BCUT2D eigenvalue weighted by Crippen LogP contribution is 1.69. The van der Waals surface area contributed by atoms with Gasteiger partial charge in [0.1, 0.15) is 0 Å². The number of nitrogens with one attached hydrogen (secondary N) is 2. The molecule has 0 aromatic heterocycles. The molecule has 0 fully saturated rings. The number of carbonyl (C=O) groups excluding carboxylic acids is 2. The molecule has 0 unspecified atom stereocenters. The lowest BCUT2D eigenvalue weighted by molar-refractivity contribution is 0.242. The van der Waals surface area contributed by atoms with Crippen molar-refractivity contribution in [3.63, 3.8) is 0 Å². The number of hydrogen-bond acceptors (Lipinski definition) is 2. The number of carbonyl (C=O) groups is 1. The Labute approximate surface area is 60.0 Å². The molecule has 0 bridgehead atoms. The van der Waals surface area contributed by atoms with Crippen LogP contribution in [-0.4, -0.2) is 25.4 Å². The molecule has 2 amide bonds. The number of urea groups is 1. The molecular weight excluding hydrogens is 132 g/mol. The highest BCUT2D eigenvalue weighted by atomic mass is 16.2. The molecule has 0 saturated heterocycles. The summed E-state index contributed by atoms with van der Waals surface area (Å²) in [5.74, 6) is 0. The minimum absolute atomic E-state index is 0.0461. The zero-order valence-corrected chi connectivity index (χ0v) is 5.94. The zero-order chi connectivity index (χ0) is 7.82. The molecule has 1 radical (unpaired) electrons. The summed E-state index contributed by atoms with van der Waals surface area (Å²) >= 11 is 0. The zero-order valence-electron chi connectivity index (χ0n) is 5.94. The van der Waals surface area contributed by atoms with Gasteiger partial charge in [-0.3, -0.25) is 4.79 Å². The summed E-state index contributed by atoms with van der Waals surface area (Å²) in [6.07, 6.45) is 2.44. The first-order chi connectivity index (χ1) is 4.81. The lowest BCUT2D eigenvalue weighted by Crippen LogP contribution is -2.36. The van der Waals surface area contributed by atoms with E-state index in [1.807, 2.05) is 6.92 Å². The van der Waals surface area contributed by atoms with Gasteiger partial charge in [0.05, 0.1) is 6.54 Å². The summed E-state index contributed by atoms with van der Waals surface area (Å²) in [6.45, 7) is 2.53. The van der Waals surface area contributed by atoms with Crippen LogP contribution in [0.1, 0.15) is 13.3 Å². The van der Waals surface area contributed by atoms with Crippen LogP contribution < -0.4 is 10.6 Å². The molecule has 0 heterocycles. The van der Waals surface area contributed by atoms with Gasteiger partial charge in [-0.15, -0.1) is 0 Å². The van der Waals surface area contributed by atoms with Crippen LogP contribution in [0.3, 0.4) is 0 Å². The van der Waals surface area contributed by atoms with Crippen molar-refractivity contribution < 1.29 is 9.59 Å². The fraction of sp³-hybridized carbons (Fsp3) is 0.667. The van der Waals surface area contributed by atoms with E-state index in [1.54, 1.807) is 6.29 Å². The average molecular weight is 143 g/mol. The second-order valence-electron chi connectivity index (χ2n) is 1.75. The third-order valence-corrected chi connectivity index (χ3v) is 0.857. The predicted molar refractivity (Wildman–Crippen MR) is 37.4 cm³/mol. The van der Waals surface area contributed by atoms with E-state index < -0.39 is 0 Å². The summed E-state index contributed by atoms with van der Waals surface area (Å²) in [7, 11) is 0. The minimum atomic E-state index is -0.315. The van der Waals surface area contributed by atoms with Gasteiger partial charge in [-0.2, -0.15) is 0 Å². The van der Waals surface area contributed by atoms with Crippen LogP contribution in [0.15, 0.2) is 0 Å². The lowest BCUT2D eigenvalue weighted by atomic mass is 10.5. The molecule has 0 aliphatic rings. The molecule has 0 saturated carbocycles. The Morgan fingerprint density at radius 1 is 1.50 bits per heavy atom. The van der Waals surface area contributed by atoms with Gasteiger partial charge in [-0.1, -0.05) is 6.92 Å². The third kappa shape index (κ3) is 5.08. The van der Waals surface area contributed by atoms with E-state index in [1.165, 1.54) is 0 Å². The van der Waals surface area contributed by atoms with Gasteiger partial charge in [0, 0.05) is 6.54 Å². The van der Waals surface area contributed by atoms with Gasteiger partial charge in [-0.05, 0) is 6.42 Å². The molecule has 2 N–H and O–H groups in total. The predicted octanol–water partition coefficient (Wildman–Crippen LogP) is -0.195. The third-order valence-electron chi connectivity index (χ3n) is 0.857. The van der Waals surface area contributed by atoms with E-state index in [0.717, 1.165) is 6.42 Å². The summed E-state index contributed by atoms with van der Waals surface area (Å²) in [5, 5.41) is 4.83. The molecule has 0 aromatic carbocycles. The monoisotopic (exact) mass is 143 g/mol. The Balaban J connectivity index is 3.16. The van der Waals surface area contributed by atoms with Gasteiger partial charge in [0.2, 0.25) is 6.29 Å². The number of amides is 2. The van der Waals surface area contributed by atoms with E-state index in [0.29, 0.717) is 6.54 Å². The number of hydrogen-bond donors (Lipinski definition) is 2. The Hall–Kier alpha value is -1.06. The van der Waals surface area contributed by atoms with Crippen molar-refractivity contribution in [3.8, 4) is 0 Å². The van der Waals surface area contributed by atoms with Crippen molar-refractivity contribution in [2.45, 2.75) is 13.3 Å². The van der Waals surface area contributed by atoms with Gasteiger partial charge in [0.25, 0.3) is 0 Å². The Kier molecular flexibility index (Phi) is 5.42. The number of rotatable bonds is 4. The molecule has 4 nitrogen and oxygen atoms in total. The van der Waals surface area contributed by atoms with E-state index in [-0.39, 0.29) is 12.6 Å². The summed E-state index contributed by atoms with van der Waals surface area (Å²) in [5.41, 5.74) is 0. The average Bonchev–Trinajstić information content (AvgIpc) is 1.97. The van der Waals surface area contributed by atoms with E-state index in [2.05, 4.69) is 10.6 Å². The topological polar surface area (TPSA) is 58.2 Å². The molecule has 0 aromatic rings. The van der Waals surface area contributed by atoms with Crippen LogP contribution in [0.4, 0.5) is 4.79 Å². The van der Waals surface area contributed by atoms with Gasteiger partial charge in [0.15, 0.2) is 0 Å². The van der Waals surface area contributed by atoms with Crippen molar-refractivity contribution >= 4 is 12.3 Å². The molecule has 0 spiro atoms. The highest BCUT2D eigenvalue weighted by molar-refractivity contribution is 5.76. The van der Waals surface area contributed by atoms with Crippen molar-refractivity contribution in [2.75, 3.05) is 13.1 Å². The maximum Gasteiger partial charge on any atom is 0.315 e. The standard InChI is InChI=1S/C6H11N2O2/c1-2-3-7-6(10)8-4-5-9/h2-4H2,1H3,(H2,7,8,10). The first-order valence-corrected chi connectivity index (χ1v) is 3.18. The van der Waals surface area contributed by atoms with E-state index in [9.17, 15) is 9.59 Å². The first-order valence-electron chi connectivity index (χ1n) is 3.18. The molecule has 0 atom stereocenters. The van der Waals surface area contributed by atoms with Crippen LogP contribution in [0.25, 0.3) is 0 Å². The van der Waals surface area contributed by atoms with Crippen LogP contribution in [0.5, 0.6) is 0 Å².